The standard InChI is InChI=1S/C18H19ClN4/c19-14-4-5-16-17(9-14)21-22-18(16)13-3-1-2-12(8-13)10-23-7-6-15(20)11-23/h1-5,8-9,15H,6-7,10-11,20H2,(H,21,22). The molecule has 1 fully saturated rings. The number of nitrogens with two attached hydrogens (primary N) is 1. The van der Waals surface area contributed by atoms with E-state index in [0.717, 1.165) is 48.2 Å². The van der Waals surface area contributed by atoms with Crippen LogP contribution in [0.2, 0.25) is 5.02 Å². The molecule has 23 heavy (non-hydrogen) atoms. The molecule has 0 spiro atoms. The Balaban J connectivity index is 1.64. The molecule has 2 heterocycles. The molecule has 0 saturated carbocycles. The van der Waals surface area contributed by atoms with Gasteiger partial charge in [-0.1, -0.05) is 29.8 Å². The minimum Gasteiger partial charge on any atom is -0.326 e. The Hall–Kier alpha value is -1.88. The highest BCUT2D eigenvalue weighted by atomic mass is 35.5. The van der Waals surface area contributed by atoms with Crippen molar-refractivity contribution in [3.05, 3.63) is 53.1 Å². The molecule has 1 aliphatic heterocycles. The molecule has 1 aromatic heterocycles. The van der Waals surface area contributed by atoms with E-state index in [1.165, 1.54) is 5.56 Å². The van der Waals surface area contributed by atoms with E-state index in [1.807, 2.05) is 18.2 Å². The molecule has 3 aromatic rings. The normalized spacial score (nSPS) is 18.8. The first-order valence-corrected chi connectivity index (χ1v) is 8.28. The molecule has 118 valence electrons. The molecule has 0 amide bonds. The highest BCUT2D eigenvalue weighted by Crippen LogP contribution is 2.28. The molecule has 5 heteroatoms. The van der Waals surface area contributed by atoms with Crippen molar-refractivity contribution in [2.45, 2.75) is 19.0 Å². The van der Waals surface area contributed by atoms with Crippen molar-refractivity contribution in [2.24, 2.45) is 5.73 Å². The quantitative estimate of drug-likeness (QED) is 0.775. The van der Waals surface area contributed by atoms with Gasteiger partial charge in [0.1, 0.15) is 0 Å². The Kier molecular flexibility index (Phi) is 3.81. The molecular weight excluding hydrogens is 308 g/mol. The molecular formula is C18H19ClN4. The van der Waals surface area contributed by atoms with Gasteiger partial charge in [0.25, 0.3) is 0 Å². The molecule has 1 aliphatic rings. The predicted octanol–water partition coefficient (Wildman–Crippen LogP) is 3.42. The van der Waals surface area contributed by atoms with E-state index in [2.05, 4.69) is 39.4 Å². The number of hydrogen-bond acceptors (Lipinski definition) is 3. The van der Waals surface area contributed by atoms with Crippen LogP contribution in [0.25, 0.3) is 22.2 Å². The Morgan fingerprint density at radius 1 is 1.26 bits per heavy atom. The van der Waals surface area contributed by atoms with E-state index in [9.17, 15) is 0 Å². The number of nitrogens with zero attached hydrogens (tertiary/aromatic N) is 2. The lowest BCUT2D eigenvalue weighted by Crippen LogP contribution is -2.26. The highest BCUT2D eigenvalue weighted by molar-refractivity contribution is 6.31. The zero-order valence-electron chi connectivity index (χ0n) is 12.8. The van der Waals surface area contributed by atoms with E-state index < -0.39 is 0 Å². The van der Waals surface area contributed by atoms with Crippen molar-refractivity contribution in [3.8, 4) is 11.3 Å². The SMILES string of the molecule is NC1CCN(Cc2cccc(-c3n[nH]c4cc(Cl)ccc34)c2)C1. The van der Waals surface area contributed by atoms with Crippen LogP contribution in [0.4, 0.5) is 0 Å². The second kappa shape index (κ2) is 5.96. The number of halogens is 1. The zero-order chi connectivity index (χ0) is 15.8. The maximum absolute atomic E-state index is 6.04. The van der Waals surface area contributed by atoms with Crippen LogP contribution in [-0.4, -0.2) is 34.2 Å². The number of hydrogen-bond donors (Lipinski definition) is 2. The lowest BCUT2D eigenvalue weighted by molar-refractivity contribution is 0.327. The number of fused-ring (bicyclic) bond motifs is 1. The summed E-state index contributed by atoms with van der Waals surface area (Å²) in [7, 11) is 0. The zero-order valence-corrected chi connectivity index (χ0v) is 13.6. The fourth-order valence-electron chi connectivity index (χ4n) is 3.29. The summed E-state index contributed by atoms with van der Waals surface area (Å²) in [4.78, 5) is 2.41. The molecule has 3 N–H and O–H groups in total. The third kappa shape index (κ3) is 2.98. The van der Waals surface area contributed by atoms with Crippen molar-refractivity contribution in [1.82, 2.24) is 15.1 Å². The summed E-state index contributed by atoms with van der Waals surface area (Å²) in [6, 6.07) is 14.7. The Labute approximate surface area is 140 Å². The Morgan fingerprint density at radius 2 is 2.17 bits per heavy atom. The van der Waals surface area contributed by atoms with Gasteiger partial charge in [0.05, 0.1) is 11.2 Å². The van der Waals surface area contributed by atoms with Gasteiger partial charge in [0.15, 0.2) is 0 Å². The summed E-state index contributed by atoms with van der Waals surface area (Å²) >= 11 is 6.04. The van der Waals surface area contributed by atoms with Crippen LogP contribution in [0.15, 0.2) is 42.5 Å². The van der Waals surface area contributed by atoms with E-state index in [0.29, 0.717) is 11.1 Å². The molecule has 2 aromatic carbocycles. The minimum absolute atomic E-state index is 0.318. The monoisotopic (exact) mass is 326 g/mol. The lowest BCUT2D eigenvalue weighted by Gasteiger charge is -2.15. The fraction of sp³-hybridized carbons (Fsp3) is 0.278. The largest absolute Gasteiger partial charge is 0.326 e. The van der Waals surface area contributed by atoms with E-state index in [1.54, 1.807) is 0 Å². The van der Waals surface area contributed by atoms with Crippen molar-refractivity contribution in [1.29, 1.82) is 0 Å². The number of benzene rings is 2. The molecule has 4 rings (SSSR count). The van der Waals surface area contributed by atoms with Gasteiger partial charge in [-0.25, -0.2) is 0 Å². The first-order valence-electron chi connectivity index (χ1n) is 7.90. The maximum atomic E-state index is 6.04. The van der Waals surface area contributed by atoms with Crippen molar-refractivity contribution < 1.29 is 0 Å². The summed E-state index contributed by atoms with van der Waals surface area (Å²) < 4.78 is 0. The number of likely N-dealkylation sites (tertiary alicyclic amines) is 1. The molecule has 1 atom stereocenters. The number of aromatic amines is 1. The van der Waals surface area contributed by atoms with Gasteiger partial charge in [-0.15, -0.1) is 0 Å². The van der Waals surface area contributed by atoms with Gasteiger partial charge in [-0.3, -0.25) is 10.00 Å². The maximum Gasteiger partial charge on any atom is 0.0999 e. The average Bonchev–Trinajstić information content (AvgIpc) is 3.13. The van der Waals surface area contributed by atoms with Crippen LogP contribution in [-0.2, 0) is 6.54 Å². The lowest BCUT2D eigenvalue weighted by atomic mass is 10.0. The number of aromatic nitrogens is 2. The molecule has 1 saturated heterocycles. The number of nitrogens with one attached hydrogen (secondary N) is 1. The topological polar surface area (TPSA) is 57.9 Å². The minimum atomic E-state index is 0.318. The fourth-order valence-corrected chi connectivity index (χ4v) is 3.47. The van der Waals surface area contributed by atoms with Crippen LogP contribution in [0.1, 0.15) is 12.0 Å². The van der Waals surface area contributed by atoms with Gasteiger partial charge in [0, 0.05) is 41.6 Å². The Bertz CT molecular complexity index is 842. The Morgan fingerprint density at radius 3 is 3.00 bits per heavy atom. The average molecular weight is 327 g/mol. The van der Waals surface area contributed by atoms with E-state index in [-0.39, 0.29) is 0 Å². The molecule has 0 aliphatic carbocycles. The van der Waals surface area contributed by atoms with Crippen LogP contribution in [0.3, 0.4) is 0 Å². The second-order valence-corrected chi connectivity index (χ2v) is 6.68. The third-order valence-corrected chi connectivity index (χ3v) is 4.68. The number of rotatable bonds is 3. The van der Waals surface area contributed by atoms with Gasteiger partial charge >= 0.3 is 0 Å². The van der Waals surface area contributed by atoms with Crippen LogP contribution in [0, 0.1) is 0 Å². The third-order valence-electron chi connectivity index (χ3n) is 4.44. The molecule has 4 nitrogen and oxygen atoms in total. The van der Waals surface area contributed by atoms with Crippen molar-refractivity contribution >= 4 is 22.5 Å². The second-order valence-electron chi connectivity index (χ2n) is 6.25. The van der Waals surface area contributed by atoms with Crippen LogP contribution < -0.4 is 5.73 Å². The van der Waals surface area contributed by atoms with Gasteiger partial charge < -0.3 is 5.73 Å². The molecule has 1 unspecified atom stereocenters. The van der Waals surface area contributed by atoms with Crippen LogP contribution >= 0.6 is 11.6 Å². The van der Waals surface area contributed by atoms with Gasteiger partial charge in [-0.05, 0) is 36.2 Å². The molecule has 0 bridgehead atoms. The molecule has 0 radical (unpaired) electrons. The van der Waals surface area contributed by atoms with Crippen molar-refractivity contribution in [3.63, 3.8) is 0 Å². The van der Waals surface area contributed by atoms with E-state index >= 15 is 0 Å². The van der Waals surface area contributed by atoms with E-state index in [4.69, 9.17) is 17.3 Å². The number of H-pyrrole nitrogens is 1. The summed E-state index contributed by atoms with van der Waals surface area (Å²) in [6.07, 6.45) is 1.09. The summed E-state index contributed by atoms with van der Waals surface area (Å²) in [5.41, 5.74) is 10.3. The highest BCUT2D eigenvalue weighted by Gasteiger charge is 2.19. The first-order chi connectivity index (χ1) is 11.2. The summed E-state index contributed by atoms with van der Waals surface area (Å²) in [5, 5.41) is 9.35. The summed E-state index contributed by atoms with van der Waals surface area (Å²) in [5.74, 6) is 0. The van der Waals surface area contributed by atoms with Crippen molar-refractivity contribution in [2.75, 3.05) is 13.1 Å². The van der Waals surface area contributed by atoms with Gasteiger partial charge in [-0.2, -0.15) is 5.10 Å². The first kappa shape index (κ1) is 14.7. The summed E-state index contributed by atoms with van der Waals surface area (Å²) in [6.45, 7) is 3.00. The smallest absolute Gasteiger partial charge is 0.0999 e. The predicted molar refractivity (Wildman–Crippen MR) is 94.4 cm³/mol. The van der Waals surface area contributed by atoms with Gasteiger partial charge in [0.2, 0.25) is 0 Å². The van der Waals surface area contributed by atoms with Crippen LogP contribution in [0.5, 0.6) is 0 Å².